The standard InChI is InChI=1S/C30H35ClN4O2/c1-37-15-5-14-35-28-18-25(31)11-12-27(28)33-30(35)24-8-4-13-34(20-24)29(36)19-26(32)17-21-9-10-22-6-2-3-7-23(22)16-21/h2-3,6-7,9-12,16,18,24,26H,4-5,8,13-15,17,19-20,32H2,1H3/t24-,26-/m1/s1. The molecule has 1 aliphatic heterocycles. The Kier molecular flexibility index (Phi) is 8.08. The van der Waals surface area contributed by atoms with E-state index >= 15 is 0 Å². The summed E-state index contributed by atoms with van der Waals surface area (Å²) in [6.07, 6.45) is 3.89. The molecule has 0 unspecified atom stereocenters. The van der Waals surface area contributed by atoms with E-state index in [9.17, 15) is 4.79 Å². The van der Waals surface area contributed by atoms with Gasteiger partial charge in [-0.1, -0.05) is 54.1 Å². The molecule has 4 aromatic rings. The monoisotopic (exact) mass is 518 g/mol. The largest absolute Gasteiger partial charge is 0.385 e. The van der Waals surface area contributed by atoms with E-state index in [-0.39, 0.29) is 17.9 Å². The Hall–Kier alpha value is -2.93. The number of methoxy groups -OCH3 is 1. The first kappa shape index (κ1) is 25.7. The van der Waals surface area contributed by atoms with Crippen LogP contribution in [-0.2, 0) is 22.5 Å². The number of fused-ring (bicyclic) bond motifs is 2. The first-order chi connectivity index (χ1) is 18.0. The highest BCUT2D eigenvalue weighted by atomic mass is 35.5. The van der Waals surface area contributed by atoms with Crippen molar-refractivity contribution in [3.05, 3.63) is 77.1 Å². The highest BCUT2D eigenvalue weighted by molar-refractivity contribution is 6.31. The van der Waals surface area contributed by atoms with Crippen molar-refractivity contribution in [3.8, 4) is 0 Å². The maximum Gasteiger partial charge on any atom is 0.224 e. The number of carbonyl (C=O) groups is 1. The summed E-state index contributed by atoms with van der Waals surface area (Å²) in [6, 6.07) is 20.4. The number of carbonyl (C=O) groups excluding carboxylic acids is 1. The molecule has 0 spiro atoms. The second kappa shape index (κ2) is 11.6. The van der Waals surface area contributed by atoms with E-state index < -0.39 is 0 Å². The molecular weight excluding hydrogens is 484 g/mol. The number of benzene rings is 3. The predicted octanol–water partition coefficient (Wildman–Crippen LogP) is 5.55. The number of nitrogens with two attached hydrogens (primary N) is 1. The Morgan fingerprint density at radius 1 is 1.16 bits per heavy atom. The Bertz CT molecular complexity index is 1380. The van der Waals surface area contributed by atoms with Crippen molar-refractivity contribution in [2.24, 2.45) is 5.73 Å². The van der Waals surface area contributed by atoms with Gasteiger partial charge in [0.05, 0.1) is 11.0 Å². The predicted molar refractivity (Wildman–Crippen MR) is 150 cm³/mol. The minimum atomic E-state index is -0.213. The van der Waals surface area contributed by atoms with Crippen LogP contribution < -0.4 is 5.73 Å². The number of aromatic nitrogens is 2. The molecule has 7 heteroatoms. The fourth-order valence-electron chi connectivity index (χ4n) is 5.54. The Balaban J connectivity index is 1.27. The molecule has 0 aliphatic carbocycles. The topological polar surface area (TPSA) is 73.4 Å². The summed E-state index contributed by atoms with van der Waals surface area (Å²) in [4.78, 5) is 20.3. The summed E-state index contributed by atoms with van der Waals surface area (Å²) in [5.41, 5.74) is 9.62. The zero-order valence-corrected chi connectivity index (χ0v) is 22.2. The number of hydrogen-bond donors (Lipinski definition) is 1. The maximum absolute atomic E-state index is 13.3. The normalized spacial score (nSPS) is 16.9. The van der Waals surface area contributed by atoms with E-state index in [2.05, 4.69) is 34.9 Å². The van der Waals surface area contributed by atoms with Crippen LogP contribution in [0.5, 0.6) is 0 Å². The van der Waals surface area contributed by atoms with Crippen molar-refractivity contribution in [2.75, 3.05) is 26.8 Å². The van der Waals surface area contributed by atoms with E-state index in [1.54, 1.807) is 7.11 Å². The summed E-state index contributed by atoms with van der Waals surface area (Å²) in [5.74, 6) is 1.34. The SMILES string of the molecule is COCCCn1c([C@@H]2CCCN(C(=O)C[C@H](N)Cc3ccc4ccccc4c3)C2)nc2ccc(Cl)cc21. The van der Waals surface area contributed by atoms with E-state index in [0.717, 1.165) is 49.2 Å². The molecule has 1 amide bonds. The van der Waals surface area contributed by atoms with Gasteiger partial charge in [0.2, 0.25) is 5.91 Å². The summed E-state index contributed by atoms with van der Waals surface area (Å²) in [5, 5.41) is 3.12. The van der Waals surface area contributed by atoms with E-state index in [1.165, 1.54) is 16.3 Å². The lowest BCUT2D eigenvalue weighted by Crippen LogP contribution is -2.42. The molecule has 1 fully saturated rings. The van der Waals surface area contributed by atoms with Crippen molar-refractivity contribution in [1.29, 1.82) is 0 Å². The number of imidazole rings is 1. The fourth-order valence-corrected chi connectivity index (χ4v) is 5.70. The van der Waals surface area contributed by atoms with Crippen molar-refractivity contribution in [3.63, 3.8) is 0 Å². The smallest absolute Gasteiger partial charge is 0.224 e. The lowest BCUT2D eigenvalue weighted by Gasteiger charge is -2.33. The molecule has 6 nitrogen and oxygen atoms in total. The lowest BCUT2D eigenvalue weighted by atomic mass is 9.95. The number of ether oxygens (including phenoxy) is 1. The third-order valence-electron chi connectivity index (χ3n) is 7.36. The fraction of sp³-hybridized carbons (Fsp3) is 0.400. The van der Waals surface area contributed by atoms with Gasteiger partial charge in [0.25, 0.3) is 0 Å². The third-order valence-corrected chi connectivity index (χ3v) is 7.59. The molecule has 0 saturated carbocycles. The van der Waals surface area contributed by atoms with Gasteiger partial charge in [-0.05, 0) is 60.2 Å². The summed E-state index contributed by atoms with van der Waals surface area (Å²) < 4.78 is 7.55. The molecule has 1 aromatic heterocycles. The molecule has 0 bridgehead atoms. The summed E-state index contributed by atoms with van der Waals surface area (Å²) in [6.45, 7) is 2.93. The molecule has 2 heterocycles. The van der Waals surface area contributed by atoms with Crippen LogP contribution in [0.3, 0.4) is 0 Å². The quantitative estimate of drug-likeness (QED) is 0.295. The highest BCUT2D eigenvalue weighted by Crippen LogP contribution is 2.31. The molecule has 2 N–H and O–H groups in total. The average Bonchev–Trinajstić information content (AvgIpc) is 3.26. The van der Waals surface area contributed by atoms with Crippen molar-refractivity contribution < 1.29 is 9.53 Å². The van der Waals surface area contributed by atoms with Crippen LogP contribution in [0.1, 0.15) is 43.0 Å². The van der Waals surface area contributed by atoms with E-state index in [4.69, 9.17) is 27.1 Å². The maximum atomic E-state index is 13.3. The molecule has 5 rings (SSSR count). The second-order valence-electron chi connectivity index (χ2n) is 10.1. The summed E-state index contributed by atoms with van der Waals surface area (Å²) >= 11 is 6.32. The first-order valence-electron chi connectivity index (χ1n) is 13.2. The number of piperidine rings is 1. The highest BCUT2D eigenvalue weighted by Gasteiger charge is 2.29. The molecule has 3 aromatic carbocycles. The van der Waals surface area contributed by atoms with Gasteiger partial charge in [0.1, 0.15) is 5.82 Å². The van der Waals surface area contributed by atoms with Crippen LogP contribution in [0.2, 0.25) is 5.02 Å². The molecule has 1 aliphatic rings. The lowest BCUT2D eigenvalue weighted by molar-refractivity contribution is -0.132. The zero-order chi connectivity index (χ0) is 25.8. The van der Waals surface area contributed by atoms with Gasteiger partial charge in [-0.3, -0.25) is 4.79 Å². The minimum Gasteiger partial charge on any atom is -0.385 e. The Morgan fingerprint density at radius 2 is 2.00 bits per heavy atom. The van der Waals surface area contributed by atoms with Crippen LogP contribution >= 0.6 is 11.6 Å². The molecule has 0 radical (unpaired) electrons. The first-order valence-corrected chi connectivity index (χ1v) is 13.6. The Morgan fingerprint density at radius 3 is 2.84 bits per heavy atom. The van der Waals surface area contributed by atoms with Gasteiger partial charge in [-0.2, -0.15) is 0 Å². The van der Waals surface area contributed by atoms with Gasteiger partial charge in [0.15, 0.2) is 0 Å². The van der Waals surface area contributed by atoms with Crippen LogP contribution in [-0.4, -0.2) is 53.2 Å². The molecule has 194 valence electrons. The van der Waals surface area contributed by atoms with E-state index in [1.807, 2.05) is 35.2 Å². The zero-order valence-electron chi connectivity index (χ0n) is 21.4. The van der Waals surface area contributed by atoms with Crippen LogP contribution in [0.15, 0.2) is 60.7 Å². The van der Waals surface area contributed by atoms with Crippen LogP contribution in [0, 0.1) is 0 Å². The Labute approximate surface area is 223 Å². The second-order valence-corrected chi connectivity index (χ2v) is 10.6. The number of halogens is 1. The summed E-state index contributed by atoms with van der Waals surface area (Å²) in [7, 11) is 1.72. The van der Waals surface area contributed by atoms with Gasteiger partial charge in [0, 0.05) is 56.8 Å². The number of nitrogens with zero attached hydrogens (tertiary/aromatic N) is 3. The number of aryl methyl sites for hydroxylation is 1. The van der Waals surface area contributed by atoms with Crippen LogP contribution in [0.25, 0.3) is 21.8 Å². The van der Waals surface area contributed by atoms with Crippen molar-refractivity contribution in [2.45, 2.75) is 50.6 Å². The number of likely N-dealkylation sites (tertiary alicyclic amines) is 1. The minimum absolute atomic E-state index is 0.128. The third kappa shape index (κ3) is 5.98. The van der Waals surface area contributed by atoms with Gasteiger partial charge in [-0.25, -0.2) is 4.98 Å². The molecule has 2 atom stereocenters. The van der Waals surface area contributed by atoms with Gasteiger partial charge >= 0.3 is 0 Å². The number of amides is 1. The number of rotatable bonds is 9. The molecular formula is C30H35ClN4O2. The molecule has 1 saturated heterocycles. The van der Waals surface area contributed by atoms with Gasteiger partial charge in [-0.15, -0.1) is 0 Å². The van der Waals surface area contributed by atoms with Crippen molar-refractivity contribution in [1.82, 2.24) is 14.5 Å². The number of hydrogen-bond acceptors (Lipinski definition) is 4. The average molecular weight is 519 g/mol. The van der Waals surface area contributed by atoms with Crippen LogP contribution in [0.4, 0.5) is 0 Å². The van der Waals surface area contributed by atoms with Crippen molar-refractivity contribution >= 4 is 39.3 Å². The van der Waals surface area contributed by atoms with E-state index in [0.29, 0.717) is 31.0 Å². The molecule has 37 heavy (non-hydrogen) atoms. The van der Waals surface area contributed by atoms with Gasteiger partial charge < -0.3 is 19.9 Å².